The van der Waals surface area contributed by atoms with Gasteiger partial charge in [-0.25, -0.2) is 8.42 Å². The highest BCUT2D eigenvalue weighted by molar-refractivity contribution is 9.10. The standard InChI is InChI=1S/C28H32BrN3O5S/c1-20(2)30-28(34)21(3)31(18-22-13-15-23(29)16-14-22)27(33)19-32(24-9-8-10-25(17-24)37-4)38(35,36)26-11-6-5-7-12-26/h5-17,20-21H,18-19H2,1-4H3,(H,30,34). The molecule has 0 aliphatic carbocycles. The van der Waals surface area contributed by atoms with E-state index in [9.17, 15) is 18.0 Å². The van der Waals surface area contributed by atoms with Crippen LogP contribution >= 0.6 is 15.9 Å². The quantitative estimate of drug-likeness (QED) is 0.347. The first-order valence-corrected chi connectivity index (χ1v) is 14.3. The Bertz CT molecular complexity index is 1350. The summed E-state index contributed by atoms with van der Waals surface area (Å²) >= 11 is 3.41. The van der Waals surface area contributed by atoms with E-state index in [1.54, 1.807) is 49.4 Å². The van der Waals surface area contributed by atoms with Crippen molar-refractivity contribution in [3.05, 3.63) is 88.9 Å². The average Bonchev–Trinajstić information content (AvgIpc) is 2.90. The number of benzene rings is 3. The first-order valence-electron chi connectivity index (χ1n) is 12.1. The summed E-state index contributed by atoms with van der Waals surface area (Å²) in [6.07, 6.45) is 0. The molecule has 0 heterocycles. The van der Waals surface area contributed by atoms with Crippen LogP contribution in [0.15, 0.2) is 88.2 Å². The number of sulfonamides is 1. The smallest absolute Gasteiger partial charge is 0.264 e. The van der Waals surface area contributed by atoms with Gasteiger partial charge >= 0.3 is 0 Å². The van der Waals surface area contributed by atoms with Crippen LogP contribution in [0.4, 0.5) is 5.69 Å². The van der Waals surface area contributed by atoms with Gasteiger partial charge in [-0.2, -0.15) is 0 Å². The molecular formula is C28H32BrN3O5S. The molecule has 0 aliphatic rings. The molecule has 1 N–H and O–H groups in total. The summed E-state index contributed by atoms with van der Waals surface area (Å²) in [7, 11) is -2.65. The first kappa shape index (κ1) is 29.2. The molecule has 0 bridgehead atoms. The molecule has 3 aromatic rings. The molecular weight excluding hydrogens is 570 g/mol. The van der Waals surface area contributed by atoms with E-state index in [2.05, 4.69) is 21.2 Å². The maximum absolute atomic E-state index is 13.9. The Balaban J connectivity index is 2.03. The minimum Gasteiger partial charge on any atom is -0.497 e. The van der Waals surface area contributed by atoms with Gasteiger partial charge in [0.25, 0.3) is 10.0 Å². The summed E-state index contributed by atoms with van der Waals surface area (Å²) in [4.78, 5) is 28.2. The Morgan fingerprint density at radius 3 is 2.21 bits per heavy atom. The van der Waals surface area contributed by atoms with E-state index in [1.165, 1.54) is 24.1 Å². The van der Waals surface area contributed by atoms with Gasteiger partial charge in [0.15, 0.2) is 0 Å². The van der Waals surface area contributed by atoms with Crippen molar-refractivity contribution in [2.75, 3.05) is 18.0 Å². The number of carbonyl (C=O) groups excluding carboxylic acids is 2. The monoisotopic (exact) mass is 601 g/mol. The molecule has 0 aromatic heterocycles. The molecule has 0 fully saturated rings. The summed E-state index contributed by atoms with van der Waals surface area (Å²) in [5, 5.41) is 2.84. The zero-order chi connectivity index (χ0) is 27.9. The van der Waals surface area contributed by atoms with Crippen molar-refractivity contribution in [1.29, 1.82) is 0 Å². The number of halogens is 1. The lowest BCUT2D eigenvalue weighted by Crippen LogP contribution is -2.52. The van der Waals surface area contributed by atoms with Gasteiger partial charge in [-0.05, 0) is 62.7 Å². The number of amides is 2. The van der Waals surface area contributed by atoms with Crippen LogP contribution < -0.4 is 14.4 Å². The van der Waals surface area contributed by atoms with Crippen LogP contribution in [0, 0.1) is 0 Å². The fourth-order valence-corrected chi connectivity index (χ4v) is 5.48. The molecule has 10 heteroatoms. The third-order valence-corrected chi connectivity index (χ3v) is 8.13. The van der Waals surface area contributed by atoms with E-state index >= 15 is 0 Å². The number of ether oxygens (including phenoxy) is 1. The summed E-state index contributed by atoms with van der Waals surface area (Å²) in [5.74, 6) is -0.412. The van der Waals surface area contributed by atoms with Crippen LogP contribution in [-0.2, 0) is 26.2 Å². The molecule has 38 heavy (non-hydrogen) atoms. The number of methoxy groups -OCH3 is 1. The highest BCUT2D eigenvalue weighted by Gasteiger charge is 2.32. The summed E-state index contributed by atoms with van der Waals surface area (Å²) in [6.45, 7) is 4.91. The number of nitrogens with zero attached hydrogens (tertiary/aromatic N) is 2. The summed E-state index contributed by atoms with van der Waals surface area (Å²) in [5.41, 5.74) is 1.06. The van der Waals surface area contributed by atoms with Gasteiger partial charge in [0, 0.05) is 23.1 Å². The molecule has 0 spiro atoms. The second-order valence-corrected chi connectivity index (χ2v) is 11.8. The SMILES string of the molecule is COc1cccc(N(CC(=O)N(Cc2ccc(Br)cc2)C(C)C(=O)NC(C)C)S(=O)(=O)c2ccccc2)c1. The van der Waals surface area contributed by atoms with Crippen molar-refractivity contribution in [3.8, 4) is 5.75 Å². The Labute approximate surface area is 232 Å². The lowest BCUT2D eigenvalue weighted by Gasteiger charge is -2.32. The highest BCUT2D eigenvalue weighted by atomic mass is 79.9. The molecule has 0 saturated heterocycles. The first-order chi connectivity index (χ1) is 18.0. The number of rotatable bonds is 11. The number of anilines is 1. The summed E-state index contributed by atoms with van der Waals surface area (Å²) < 4.78 is 34.8. The van der Waals surface area contributed by atoms with Crippen molar-refractivity contribution in [2.45, 2.75) is 44.3 Å². The average molecular weight is 603 g/mol. The van der Waals surface area contributed by atoms with Crippen LogP contribution in [0.5, 0.6) is 5.75 Å². The van der Waals surface area contributed by atoms with Crippen LogP contribution in [0.1, 0.15) is 26.3 Å². The van der Waals surface area contributed by atoms with Gasteiger partial charge in [-0.3, -0.25) is 13.9 Å². The van der Waals surface area contributed by atoms with Gasteiger partial charge < -0.3 is 15.0 Å². The Morgan fingerprint density at radius 1 is 0.947 bits per heavy atom. The van der Waals surface area contributed by atoms with E-state index < -0.39 is 28.5 Å². The second-order valence-electron chi connectivity index (χ2n) is 9.01. The van der Waals surface area contributed by atoms with E-state index in [4.69, 9.17) is 4.74 Å². The highest BCUT2D eigenvalue weighted by Crippen LogP contribution is 2.27. The Hall–Kier alpha value is -3.37. The maximum Gasteiger partial charge on any atom is 0.264 e. The predicted octanol–water partition coefficient (Wildman–Crippen LogP) is 4.59. The van der Waals surface area contributed by atoms with E-state index in [-0.39, 0.29) is 29.1 Å². The third kappa shape index (κ3) is 7.35. The Morgan fingerprint density at radius 2 is 1.61 bits per heavy atom. The molecule has 1 unspecified atom stereocenters. The van der Waals surface area contributed by atoms with Crippen LogP contribution in [0.25, 0.3) is 0 Å². The summed E-state index contributed by atoms with van der Waals surface area (Å²) in [6, 6.07) is 20.8. The molecule has 1 atom stereocenters. The third-order valence-electron chi connectivity index (χ3n) is 5.82. The predicted molar refractivity (Wildman–Crippen MR) is 151 cm³/mol. The van der Waals surface area contributed by atoms with Crippen LogP contribution in [-0.4, -0.2) is 50.9 Å². The fraction of sp³-hybridized carbons (Fsp3) is 0.286. The molecule has 3 rings (SSSR count). The zero-order valence-electron chi connectivity index (χ0n) is 21.8. The van der Waals surface area contributed by atoms with Crippen molar-refractivity contribution in [2.24, 2.45) is 0 Å². The lowest BCUT2D eigenvalue weighted by molar-refractivity contribution is -0.139. The van der Waals surface area contributed by atoms with Crippen molar-refractivity contribution >= 4 is 43.5 Å². The minimum absolute atomic E-state index is 0.0423. The van der Waals surface area contributed by atoms with Gasteiger partial charge in [-0.15, -0.1) is 0 Å². The van der Waals surface area contributed by atoms with Crippen LogP contribution in [0.3, 0.4) is 0 Å². The van der Waals surface area contributed by atoms with E-state index in [0.29, 0.717) is 5.75 Å². The maximum atomic E-state index is 13.9. The van der Waals surface area contributed by atoms with E-state index in [1.807, 2.05) is 38.1 Å². The minimum atomic E-state index is -4.13. The van der Waals surface area contributed by atoms with Crippen molar-refractivity contribution < 1.29 is 22.7 Å². The molecule has 0 radical (unpaired) electrons. The Kier molecular flexibility index (Phi) is 9.93. The largest absolute Gasteiger partial charge is 0.497 e. The van der Waals surface area contributed by atoms with Gasteiger partial charge in [0.2, 0.25) is 11.8 Å². The number of hydrogen-bond donors (Lipinski definition) is 1. The fourth-order valence-electron chi connectivity index (χ4n) is 3.79. The second kappa shape index (κ2) is 12.9. The normalized spacial score (nSPS) is 12.1. The number of carbonyl (C=O) groups is 2. The zero-order valence-corrected chi connectivity index (χ0v) is 24.2. The molecule has 0 aliphatic heterocycles. The molecule has 202 valence electrons. The number of hydrogen-bond acceptors (Lipinski definition) is 5. The van der Waals surface area contributed by atoms with Crippen molar-refractivity contribution in [3.63, 3.8) is 0 Å². The van der Waals surface area contributed by atoms with Crippen molar-refractivity contribution in [1.82, 2.24) is 10.2 Å². The number of nitrogens with one attached hydrogen (secondary N) is 1. The van der Waals surface area contributed by atoms with Gasteiger partial charge in [-0.1, -0.05) is 52.3 Å². The topological polar surface area (TPSA) is 96.0 Å². The van der Waals surface area contributed by atoms with Crippen LogP contribution in [0.2, 0.25) is 0 Å². The molecule has 8 nitrogen and oxygen atoms in total. The van der Waals surface area contributed by atoms with Gasteiger partial charge in [0.1, 0.15) is 18.3 Å². The van der Waals surface area contributed by atoms with Gasteiger partial charge in [0.05, 0.1) is 17.7 Å². The molecule has 3 aromatic carbocycles. The molecule has 2 amide bonds. The molecule has 0 saturated carbocycles. The van der Waals surface area contributed by atoms with E-state index in [0.717, 1.165) is 14.3 Å². The lowest BCUT2D eigenvalue weighted by atomic mass is 10.1.